The smallest absolute Gasteiger partial charge is 0.190 e. The molecule has 0 unspecified atom stereocenters. The molecule has 2 saturated heterocycles. The Balaban J connectivity index is 2.09. The highest BCUT2D eigenvalue weighted by Crippen LogP contribution is 2.40. The molecule has 0 aromatic carbocycles. The van der Waals surface area contributed by atoms with E-state index in [0.717, 1.165) is 12.8 Å². The van der Waals surface area contributed by atoms with Gasteiger partial charge >= 0.3 is 0 Å². The minimum Gasteiger partial charge on any atom is -0.379 e. The second kappa shape index (κ2) is 7.03. The van der Waals surface area contributed by atoms with Gasteiger partial charge in [0.2, 0.25) is 0 Å². The minimum absolute atomic E-state index is 0.0845. The summed E-state index contributed by atoms with van der Waals surface area (Å²) in [5, 5.41) is 0. The van der Waals surface area contributed by atoms with E-state index in [9.17, 15) is 0 Å². The lowest BCUT2D eigenvalue weighted by Crippen LogP contribution is -2.43. The number of rotatable bonds is 8. The van der Waals surface area contributed by atoms with Crippen LogP contribution in [0.5, 0.6) is 0 Å². The number of methoxy groups -OCH3 is 1. The van der Waals surface area contributed by atoms with Gasteiger partial charge in [0.05, 0.1) is 12.7 Å². The van der Waals surface area contributed by atoms with Crippen molar-refractivity contribution in [1.82, 2.24) is 0 Å². The lowest BCUT2D eigenvalue weighted by molar-refractivity contribution is -0.230. The van der Waals surface area contributed by atoms with Crippen LogP contribution in [-0.4, -0.2) is 50.2 Å². The first-order valence-corrected chi connectivity index (χ1v) is 7.39. The maximum absolute atomic E-state index is 6.01. The van der Waals surface area contributed by atoms with Gasteiger partial charge in [0.15, 0.2) is 12.1 Å². The highest BCUT2D eigenvalue weighted by molar-refractivity contribution is 4.98. The van der Waals surface area contributed by atoms with Crippen molar-refractivity contribution >= 4 is 0 Å². The highest BCUT2D eigenvalue weighted by atomic mass is 16.8. The zero-order valence-electron chi connectivity index (χ0n) is 13.1. The van der Waals surface area contributed by atoms with Crippen molar-refractivity contribution in [2.75, 3.05) is 13.7 Å². The molecule has 2 fully saturated rings. The molecule has 2 rings (SSSR count). The van der Waals surface area contributed by atoms with Gasteiger partial charge < -0.3 is 23.7 Å². The fourth-order valence-electron chi connectivity index (χ4n) is 2.87. The first kappa shape index (κ1) is 16.6. The molecule has 0 aromatic rings. The quantitative estimate of drug-likeness (QED) is 0.644. The van der Waals surface area contributed by atoms with Gasteiger partial charge in [0.25, 0.3) is 0 Å². The largest absolute Gasteiger partial charge is 0.379 e. The molecule has 0 aromatic heterocycles. The topological polar surface area (TPSA) is 46.2 Å². The third kappa shape index (κ3) is 3.73. The zero-order chi connectivity index (χ0) is 15.5. The summed E-state index contributed by atoms with van der Waals surface area (Å²) in [6.45, 7) is 11.6. The molecule has 120 valence electrons. The van der Waals surface area contributed by atoms with Gasteiger partial charge in [-0.3, -0.25) is 0 Å². The number of fused-ring (bicyclic) bond motifs is 1. The third-order valence-electron chi connectivity index (χ3n) is 3.76. The first-order chi connectivity index (χ1) is 10.0. The van der Waals surface area contributed by atoms with Gasteiger partial charge in [-0.25, -0.2) is 0 Å². The van der Waals surface area contributed by atoms with E-state index in [4.69, 9.17) is 23.7 Å². The number of allylic oxidation sites excluding steroid dienone is 1. The molecule has 0 amide bonds. The van der Waals surface area contributed by atoms with Crippen molar-refractivity contribution in [3.05, 3.63) is 25.3 Å². The van der Waals surface area contributed by atoms with E-state index < -0.39 is 12.1 Å². The Labute approximate surface area is 126 Å². The molecule has 0 saturated carbocycles. The molecule has 0 N–H and O–H groups in total. The molecule has 2 aliphatic rings. The summed E-state index contributed by atoms with van der Waals surface area (Å²) >= 11 is 0. The van der Waals surface area contributed by atoms with Crippen molar-refractivity contribution in [2.24, 2.45) is 0 Å². The molecule has 2 heterocycles. The van der Waals surface area contributed by atoms with Crippen molar-refractivity contribution in [3.63, 3.8) is 0 Å². The Hall–Kier alpha value is -0.720. The number of ether oxygens (including phenoxy) is 5. The molecular formula is C16H26O5. The van der Waals surface area contributed by atoms with Crippen LogP contribution in [-0.2, 0) is 23.7 Å². The summed E-state index contributed by atoms with van der Waals surface area (Å²) in [5.41, 5.74) is 0. The van der Waals surface area contributed by atoms with Gasteiger partial charge in [-0.2, -0.15) is 0 Å². The molecule has 2 aliphatic heterocycles. The molecule has 0 spiro atoms. The third-order valence-corrected chi connectivity index (χ3v) is 3.76. The average molecular weight is 298 g/mol. The standard InChI is InChI=1S/C16H26O5/c1-6-8-9-11(17-5)12-13(18-10-7-2)14-15(19-12)21-16(3,4)20-14/h6-7,11-15H,1-2,8-10H2,3-5H3/t11-,12+,13-,14+,15+/m0/s1. The summed E-state index contributed by atoms with van der Waals surface area (Å²) in [7, 11) is 1.68. The van der Waals surface area contributed by atoms with E-state index in [1.54, 1.807) is 13.2 Å². The van der Waals surface area contributed by atoms with E-state index in [1.165, 1.54) is 0 Å². The highest BCUT2D eigenvalue weighted by Gasteiger charge is 2.57. The summed E-state index contributed by atoms with van der Waals surface area (Å²) in [6.07, 6.45) is 4.07. The summed E-state index contributed by atoms with van der Waals surface area (Å²) in [4.78, 5) is 0. The predicted octanol–water partition coefficient (Wildman–Crippen LogP) is 2.42. The fourth-order valence-corrected chi connectivity index (χ4v) is 2.87. The van der Waals surface area contributed by atoms with Crippen LogP contribution in [0.3, 0.4) is 0 Å². The second-order valence-corrected chi connectivity index (χ2v) is 5.80. The van der Waals surface area contributed by atoms with Gasteiger partial charge in [0, 0.05) is 7.11 Å². The normalized spacial score (nSPS) is 35.4. The summed E-state index contributed by atoms with van der Waals surface area (Å²) in [6, 6.07) is 0. The molecule has 0 radical (unpaired) electrons. The molecular weight excluding hydrogens is 272 g/mol. The minimum atomic E-state index is -0.653. The first-order valence-electron chi connectivity index (χ1n) is 7.39. The van der Waals surface area contributed by atoms with Crippen molar-refractivity contribution < 1.29 is 23.7 Å². The van der Waals surface area contributed by atoms with Gasteiger partial charge in [-0.15, -0.1) is 13.2 Å². The van der Waals surface area contributed by atoms with E-state index in [-0.39, 0.29) is 24.4 Å². The number of hydrogen-bond donors (Lipinski definition) is 0. The van der Waals surface area contributed by atoms with Crippen LogP contribution in [0.25, 0.3) is 0 Å². The lowest BCUT2D eigenvalue weighted by atomic mass is 10.0. The van der Waals surface area contributed by atoms with E-state index in [2.05, 4.69) is 13.2 Å². The Morgan fingerprint density at radius 2 is 2.00 bits per heavy atom. The zero-order valence-corrected chi connectivity index (χ0v) is 13.1. The molecule has 0 aliphatic carbocycles. The molecule has 5 atom stereocenters. The van der Waals surface area contributed by atoms with Crippen molar-refractivity contribution in [1.29, 1.82) is 0 Å². The average Bonchev–Trinajstić information content (AvgIpc) is 2.90. The Morgan fingerprint density at radius 1 is 1.24 bits per heavy atom. The van der Waals surface area contributed by atoms with Crippen molar-refractivity contribution in [3.8, 4) is 0 Å². The maximum Gasteiger partial charge on any atom is 0.190 e. The van der Waals surface area contributed by atoms with Crippen LogP contribution in [0.2, 0.25) is 0 Å². The van der Waals surface area contributed by atoms with Crippen LogP contribution < -0.4 is 0 Å². The molecule has 5 heteroatoms. The molecule has 0 bridgehead atoms. The van der Waals surface area contributed by atoms with E-state index in [1.807, 2.05) is 19.9 Å². The monoisotopic (exact) mass is 298 g/mol. The van der Waals surface area contributed by atoms with Crippen LogP contribution in [0.1, 0.15) is 26.7 Å². The number of hydrogen-bond acceptors (Lipinski definition) is 5. The predicted molar refractivity (Wildman–Crippen MR) is 78.9 cm³/mol. The summed E-state index contributed by atoms with van der Waals surface area (Å²) in [5.74, 6) is -0.653. The van der Waals surface area contributed by atoms with Crippen molar-refractivity contribution in [2.45, 2.75) is 63.2 Å². The Bertz CT molecular complexity index is 368. The fraction of sp³-hybridized carbons (Fsp3) is 0.750. The maximum atomic E-state index is 6.01. The van der Waals surface area contributed by atoms with Gasteiger partial charge in [0.1, 0.15) is 18.3 Å². The second-order valence-electron chi connectivity index (χ2n) is 5.80. The van der Waals surface area contributed by atoms with E-state index >= 15 is 0 Å². The Morgan fingerprint density at radius 3 is 2.62 bits per heavy atom. The van der Waals surface area contributed by atoms with Crippen LogP contribution in [0.4, 0.5) is 0 Å². The molecule has 5 nitrogen and oxygen atoms in total. The van der Waals surface area contributed by atoms with Crippen LogP contribution >= 0.6 is 0 Å². The van der Waals surface area contributed by atoms with Crippen LogP contribution in [0, 0.1) is 0 Å². The lowest BCUT2D eigenvalue weighted by Gasteiger charge is -2.30. The van der Waals surface area contributed by atoms with E-state index in [0.29, 0.717) is 6.61 Å². The Kier molecular flexibility index (Phi) is 5.57. The summed E-state index contributed by atoms with van der Waals surface area (Å²) < 4.78 is 29.2. The van der Waals surface area contributed by atoms with Gasteiger partial charge in [-0.05, 0) is 26.7 Å². The SMILES string of the molecule is C=CCC[C@H](OC)[C@H]1O[C@@H]2OC(C)(C)O[C@@H]2[C@H]1OCC=C. The molecule has 21 heavy (non-hydrogen) atoms. The van der Waals surface area contributed by atoms with Crippen LogP contribution in [0.15, 0.2) is 25.3 Å². The van der Waals surface area contributed by atoms with Gasteiger partial charge in [-0.1, -0.05) is 12.2 Å².